The van der Waals surface area contributed by atoms with Crippen molar-refractivity contribution in [3.05, 3.63) is 102 Å². The molecule has 1 amide bonds. The summed E-state index contributed by atoms with van der Waals surface area (Å²) in [5, 5.41) is 2.98. The number of carbonyl (C=O) groups is 1. The fourth-order valence-corrected chi connectivity index (χ4v) is 3.54. The molecule has 0 unspecified atom stereocenters. The lowest BCUT2D eigenvalue weighted by Gasteiger charge is -2.10. The largest absolute Gasteiger partial charge is 0.326 e. The Balaban J connectivity index is 1.42. The summed E-state index contributed by atoms with van der Waals surface area (Å²) in [7, 11) is 0. The maximum absolute atomic E-state index is 12.5. The van der Waals surface area contributed by atoms with Crippen LogP contribution in [-0.2, 0) is 11.2 Å². The molecule has 4 rings (SSSR count). The number of pyridine rings is 2. The second kappa shape index (κ2) is 8.70. The van der Waals surface area contributed by atoms with Crippen molar-refractivity contribution in [1.82, 2.24) is 9.97 Å². The summed E-state index contributed by atoms with van der Waals surface area (Å²) in [4.78, 5) is 20.9. The van der Waals surface area contributed by atoms with Gasteiger partial charge >= 0.3 is 0 Å². The van der Waals surface area contributed by atoms with Crippen LogP contribution in [0.15, 0.2) is 85.3 Å². The molecule has 0 fully saturated rings. The molecular weight excluding hydrogens is 370 g/mol. The number of benzene rings is 2. The number of amides is 1. The summed E-state index contributed by atoms with van der Waals surface area (Å²) >= 11 is 0. The number of nitrogens with one attached hydrogen (secondary N) is 1. The lowest BCUT2D eigenvalue weighted by molar-refractivity contribution is -0.115. The van der Waals surface area contributed by atoms with Crippen LogP contribution in [0.25, 0.3) is 22.3 Å². The normalized spacial score (nSPS) is 10.6. The van der Waals surface area contributed by atoms with E-state index >= 15 is 0 Å². The lowest BCUT2D eigenvalue weighted by Crippen LogP contribution is -2.14. The highest BCUT2D eigenvalue weighted by Gasteiger charge is 2.08. The Morgan fingerprint density at radius 3 is 2.40 bits per heavy atom. The molecule has 0 aliphatic rings. The first-order valence-electron chi connectivity index (χ1n) is 9.91. The molecule has 0 saturated carbocycles. The van der Waals surface area contributed by atoms with Crippen molar-refractivity contribution in [1.29, 1.82) is 0 Å². The zero-order valence-corrected chi connectivity index (χ0v) is 17.1. The van der Waals surface area contributed by atoms with E-state index in [0.717, 1.165) is 44.8 Å². The standard InChI is InChI=1S/C26H23N3O/c1-18-14-20(5-10-25(18)22-11-13-28-19(2)15-22)16-26(30)29-24-8-6-21(7-9-24)23-4-3-12-27-17-23/h3-15,17H,16H2,1-2H3,(H,29,30). The van der Waals surface area contributed by atoms with Gasteiger partial charge in [-0.15, -0.1) is 0 Å². The van der Waals surface area contributed by atoms with Gasteiger partial charge in [-0.3, -0.25) is 14.8 Å². The third-order valence-electron chi connectivity index (χ3n) is 5.03. The monoisotopic (exact) mass is 393 g/mol. The molecular formula is C26H23N3O. The molecule has 2 aromatic carbocycles. The maximum atomic E-state index is 12.5. The topological polar surface area (TPSA) is 54.9 Å². The highest BCUT2D eigenvalue weighted by Crippen LogP contribution is 2.25. The summed E-state index contributed by atoms with van der Waals surface area (Å²) in [6.45, 7) is 4.06. The minimum atomic E-state index is -0.0315. The fourth-order valence-electron chi connectivity index (χ4n) is 3.54. The van der Waals surface area contributed by atoms with E-state index in [1.54, 1.807) is 6.20 Å². The molecule has 0 radical (unpaired) electrons. The number of rotatable bonds is 5. The highest BCUT2D eigenvalue weighted by molar-refractivity contribution is 5.92. The molecule has 0 aliphatic heterocycles. The number of nitrogens with zero attached hydrogens (tertiary/aromatic N) is 2. The Hall–Kier alpha value is -3.79. The van der Waals surface area contributed by atoms with Gasteiger partial charge in [0, 0.05) is 30.0 Å². The molecule has 4 nitrogen and oxygen atoms in total. The summed E-state index contributed by atoms with van der Waals surface area (Å²) in [6.07, 6.45) is 5.74. The molecule has 1 N–H and O–H groups in total. The molecule has 30 heavy (non-hydrogen) atoms. The van der Waals surface area contributed by atoms with E-state index < -0.39 is 0 Å². The van der Waals surface area contributed by atoms with Crippen molar-refractivity contribution in [3.63, 3.8) is 0 Å². The van der Waals surface area contributed by atoms with Crippen molar-refractivity contribution in [2.75, 3.05) is 5.32 Å². The van der Waals surface area contributed by atoms with Crippen LogP contribution < -0.4 is 5.32 Å². The van der Waals surface area contributed by atoms with Crippen molar-refractivity contribution in [3.8, 4) is 22.3 Å². The van der Waals surface area contributed by atoms with Gasteiger partial charge in [0.1, 0.15) is 0 Å². The first-order chi connectivity index (χ1) is 14.6. The van der Waals surface area contributed by atoms with Gasteiger partial charge in [0.05, 0.1) is 6.42 Å². The Morgan fingerprint density at radius 1 is 0.867 bits per heavy atom. The summed E-state index contributed by atoms with van der Waals surface area (Å²) in [6, 6.07) is 22.0. The minimum absolute atomic E-state index is 0.0315. The van der Waals surface area contributed by atoms with Gasteiger partial charge < -0.3 is 5.32 Å². The predicted molar refractivity (Wildman–Crippen MR) is 121 cm³/mol. The lowest BCUT2D eigenvalue weighted by atomic mass is 9.97. The summed E-state index contributed by atoms with van der Waals surface area (Å²) < 4.78 is 0. The molecule has 0 aliphatic carbocycles. The quantitative estimate of drug-likeness (QED) is 0.479. The van der Waals surface area contributed by atoms with Crippen molar-refractivity contribution in [2.24, 2.45) is 0 Å². The zero-order chi connectivity index (χ0) is 20.9. The molecule has 0 bridgehead atoms. The second-order valence-electron chi connectivity index (χ2n) is 7.38. The summed E-state index contributed by atoms with van der Waals surface area (Å²) in [5.74, 6) is -0.0315. The van der Waals surface area contributed by atoms with Gasteiger partial charge in [-0.25, -0.2) is 0 Å². The zero-order valence-electron chi connectivity index (χ0n) is 17.1. The number of hydrogen-bond acceptors (Lipinski definition) is 3. The van der Waals surface area contributed by atoms with Gasteiger partial charge in [-0.05, 0) is 77.6 Å². The molecule has 0 spiro atoms. The highest BCUT2D eigenvalue weighted by atomic mass is 16.1. The third-order valence-corrected chi connectivity index (χ3v) is 5.03. The van der Waals surface area contributed by atoms with Crippen molar-refractivity contribution in [2.45, 2.75) is 20.3 Å². The fraction of sp³-hybridized carbons (Fsp3) is 0.115. The van der Waals surface area contributed by atoms with E-state index in [9.17, 15) is 4.79 Å². The number of aryl methyl sites for hydroxylation is 2. The van der Waals surface area contributed by atoms with Crippen LogP contribution in [0.4, 0.5) is 5.69 Å². The van der Waals surface area contributed by atoms with E-state index in [1.165, 1.54) is 0 Å². The van der Waals surface area contributed by atoms with Crippen LogP contribution in [0.1, 0.15) is 16.8 Å². The molecule has 2 heterocycles. The number of aromatic nitrogens is 2. The van der Waals surface area contributed by atoms with Crippen LogP contribution in [0.5, 0.6) is 0 Å². The number of hydrogen-bond donors (Lipinski definition) is 1. The Kier molecular flexibility index (Phi) is 5.66. The van der Waals surface area contributed by atoms with E-state index in [-0.39, 0.29) is 5.91 Å². The van der Waals surface area contributed by atoms with E-state index in [0.29, 0.717) is 6.42 Å². The Bertz CT molecular complexity index is 1170. The van der Waals surface area contributed by atoms with Crippen LogP contribution in [0.2, 0.25) is 0 Å². The number of anilines is 1. The van der Waals surface area contributed by atoms with Crippen LogP contribution in [0.3, 0.4) is 0 Å². The average Bonchev–Trinajstić information content (AvgIpc) is 2.75. The molecule has 0 saturated heterocycles. The molecule has 4 aromatic rings. The van der Waals surface area contributed by atoms with Crippen LogP contribution in [-0.4, -0.2) is 15.9 Å². The Morgan fingerprint density at radius 2 is 1.70 bits per heavy atom. The maximum Gasteiger partial charge on any atom is 0.228 e. The summed E-state index contributed by atoms with van der Waals surface area (Å²) in [5.41, 5.74) is 8.34. The number of carbonyl (C=O) groups excluding carboxylic acids is 1. The van der Waals surface area contributed by atoms with E-state index in [4.69, 9.17) is 0 Å². The predicted octanol–water partition coefficient (Wildman–Crippen LogP) is 5.61. The first-order valence-corrected chi connectivity index (χ1v) is 9.91. The van der Waals surface area contributed by atoms with Gasteiger partial charge in [-0.2, -0.15) is 0 Å². The van der Waals surface area contributed by atoms with Gasteiger partial charge in [0.15, 0.2) is 0 Å². The SMILES string of the molecule is Cc1cc(-c2ccc(CC(=O)Nc3ccc(-c4cccnc4)cc3)cc2C)ccn1. The molecule has 148 valence electrons. The van der Waals surface area contributed by atoms with Gasteiger partial charge in [0.2, 0.25) is 5.91 Å². The molecule has 2 aromatic heterocycles. The molecule has 0 atom stereocenters. The minimum Gasteiger partial charge on any atom is -0.326 e. The van der Waals surface area contributed by atoms with Crippen molar-refractivity contribution < 1.29 is 4.79 Å². The van der Waals surface area contributed by atoms with Crippen LogP contribution in [0, 0.1) is 13.8 Å². The first kappa shape index (κ1) is 19.5. The van der Waals surface area contributed by atoms with E-state index in [1.807, 2.05) is 67.8 Å². The third kappa shape index (κ3) is 4.61. The van der Waals surface area contributed by atoms with Crippen molar-refractivity contribution >= 4 is 11.6 Å². The van der Waals surface area contributed by atoms with Gasteiger partial charge in [-0.1, -0.05) is 36.4 Å². The second-order valence-corrected chi connectivity index (χ2v) is 7.38. The van der Waals surface area contributed by atoms with E-state index in [2.05, 4.69) is 40.4 Å². The van der Waals surface area contributed by atoms with Crippen LogP contribution >= 0.6 is 0 Å². The smallest absolute Gasteiger partial charge is 0.228 e. The average molecular weight is 393 g/mol. The molecule has 4 heteroatoms. The van der Waals surface area contributed by atoms with Gasteiger partial charge in [0.25, 0.3) is 0 Å². The Labute approximate surface area is 176 Å².